The number of rotatable bonds is 9. The number of hydrogen-bond acceptors (Lipinski definition) is 4. The molecule has 204 valence electrons. The van der Waals surface area contributed by atoms with Gasteiger partial charge in [0.1, 0.15) is 0 Å². The molecule has 0 aromatic heterocycles. The minimum absolute atomic E-state index is 0.218. The first kappa shape index (κ1) is 29.2. The highest BCUT2D eigenvalue weighted by atomic mass is 79.9. The van der Waals surface area contributed by atoms with Gasteiger partial charge in [0.25, 0.3) is 0 Å². The average Bonchev–Trinajstić information content (AvgIpc) is 2.86. The number of nitrogens with zero attached hydrogens (tertiary/aromatic N) is 1. The zero-order valence-electron chi connectivity index (χ0n) is 22.5. The fourth-order valence-corrected chi connectivity index (χ4v) is 7.58. The molecular formula is C31H32BrNO4S2. The lowest BCUT2D eigenvalue weighted by atomic mass is 10.0. The van der Waals surface area contributed by atoms with Gasteiger partial charge in [0, 0.05) is 23.8 Å². The molecule has 0 aliphatic rings. The topological polar surface area (TPSA) is 71.5 Å². The average molecular weight is 627 g/mol. The molecule has 0 radical (unpaired) electrons. The number of aryl methyl sites for hydroxylation is 3. The van der Waals surface area contributed by atoms with Crippen LogP contribution < -0.4 is 0 Å². The van der Waals surface area contributed by atoms with E-state index in [0.717, 1.165) is 43.4 Å². The summed E-state index contributed by atoms with van der Waals surface area (Å²) in [7, 11) is -7.10. The summed E-state index contributed by atoms with van der Waals surface area (Å²) in [6.45, 7) is 6.21. The van der Waals surface area contributed by atoms with Gasteiger partial charge in [-0.05, 0) is 84.8 Å². The summed E-state index contributed by atoms with van der Waals surface area (Å²) < 4.78 is 54.6. The fourth-order valence-electron chi connectivity index (χ4n) is 4.80. The smallest absolute Gasteiger partial charge is 0.224 e. The molecule has 0 amide bonds. The third kappa shape index (κ3) is 7.06. The molecule has 0 saturated heterocycles. The van der Waals surface area contributed by atoms with Crippen molar-refractivity contribution in [3.63, 3.8) is 0 Å². The van der Waals surface area contributed by atoms with Crippen LogP contribution in [0.4, 0.5) is 0 Å². The highest BCUT2D eigenvalue weighted by Gasteiger charge is 2.28. The molecule has 4 aromatic rings. The van der Waals surface area contributed by atoms with E-state index in [1.807, 2.05) is 87.5 Å². The van der Waals surface area contributed by atoms with Gasteiger partial charge in [-0.3, -0.25) is 0 Å². The van der Waals surface area contributed by atoms with Crippen molar-refractivity contribution in [2.75, 3.05) is 12.8 Å². The van der Waals surface area contributed by atoms with Crippen LogP contribution >= 0.6 is 15.9 Å². The lowest BCUT2D eigenvalue weighted by Gasteiger charge is -2.25. The molecule has 0 saturated carbocycles. The maximum atomic E-state index is 14.0. The Morgan fingerprint density at radius 2 is 1.31 bits per heavy atom. The van der Waals surface area contributed by atoms with Crippen molar-refractivity contribution in [1.82, 2.24) is 4.31 Å². The van der Waals surface area contributed by atoms with Crippen LogP contribution in [0.15, 0.2) is 99.2 Å². The molecular weight excluding hydrogens is 594 g/mol. The Kier molecular flexibility index (Phi) is 8.81. The number of hydrogen-bond donors (Lipinski definition) is 0. The SMILES string of the molecule is Cc1cc(C)c(S(=O)(=O)N(CCc2ccc(Br)cc2)Cc2ccc(-c3cccc(S(C)(=O)=O)c3)cc2)c(C)c1. The van der Waals surface area contributed by atoms with Gasteiger partial charge in [0.2, 0.25) is 10.0 Å². The molecule has 0 aliphatic carbocycles. The van der Waals surface area contributed by atoms with Crippen LogP contribution in [0.3, 0.4) is 0 Å². The summed E-state index contributed by atoms with van der Waals surface area (Å²) in [6.07, 6.45) is 1.77. The predicted molar refractivity (Wildman–Crippen MR) is 161 cm³/mol. The highest BCUT2D eigenvalue weighted by molar-refractivity contribution is 9.10. The van der Waals surface area contributed by atoms with Crippen LogP contribution in [-0.4, -0.2) is 33.9 Å². The van der Waals surface area contributed by atoms with Crippen molar-refractivity contribution in [1.29, 1.82) is 0 Å². The Morgan fingerprint density at radius 1 is 0.718 bits per heavy atom. The van der Waals surface area contributed by atoms with E-state index in [-0.39, 0.29) is 11.4 Å². The molecule has 0 fully saturated rings. The van der Waals surface area contributed by atoms with Crippen LogP contribution in [0.2, 0.25) is 0 Å². The summed E-state index contributed by atoms with van der Waals surface area (Å²) in [5, 5.41) is 0. The highest BCUT2D eigenvalue weighted by Crippen LogP contribution is 2.28. The van der Waals surface area contributed by atoms with E-state index in [1.54, 1.807) is 22.5 Å². The fraction of sp³-hybridized carbons (Fsp3) is 0.226. The van der Waals surface area contributed by atoms with Crippen LogP contribution in [0.25, 0.3) is 11.1 Å². The summed E-state index contributed by atoms with van der Waals surface area (Å²) in [6, 6.07) is 26.2. The molecule has 4 rings (SSSR count). The normalized spacial score (nSPS) is 12.2. The van der Waals surface area contributed by atoms with E-state index in [9.17, 15) is 16.8 Å². The Labute approximate surface area is 240 Å². The van der Waals surface area contributed by atoms with Crippen LogP contribution in [0.5, 0.6) is 0 Å². The second-order valence-electron chi connectivity index (χ2n) is 9.94. The van der Waals surface area contributed by atoms with Gasteiger partial charge < -0.3 is 0 Å². The molecule has 0 bridgehead atoms. The first-order valence-electron chi connectivity index (χ1n) is 12.6. The number of sulfone groups is 1. The molecule has 4 aromatic carbocycles. The van der Waals surface area contributed by atoms with Crippen molar-refractivity contribution in [3.05, 3.63) is 117 Å². The van der Waals surface area contributed by atoms with E-state index in [0.29, 0.717) is 17.9 Å². The Balaban J connectivity index is 1.66. The van der Waals surface area contributed by atoms with Gasteiger partial charge in [-0.2, -0.15) is 4.31 Å². The van der Waals surface area contributed by atoms with Gasteiger partial charge in [-0.15, -0.1) is 0 Å². The van der Waals surface area contributed by atoms with Gasteiger partial charge >= 0.3 is 0 Å². The molecule has 0 atom stereocenters. The summed E-state index contributed by atoms with van der Waals surface area (Å²) in [5.41, 5.74) is 6.05. The van der Waals surface area contributed by atoms with E-state index >= 15 is 0 Å². The van der Waals surface area contributed by atoms with Gasteiger partial charge in [0.05, 0.1) is 9.79 Å². The molecule has 0 heterocycles. The molecule has 0 N–H and O–H groups in total. The minimum Gasteiger partial charge on any atom is -0.224 e. The van der Waals surface area contributed by atoms with Crippen molar-refractivity contribution in [3.8, 4) is 11.1 Å². The van der Waals surface area contributed by atoms with Crippen LogP contribution in [0.1, 0.15) is 27.8 Å². The molecule has 0 unspecified atom stereocenters. The van der Waals surface area contributed by atoms with Crippen LogP contribution in [0, 0.1) is 20.8 Å². The Hall–Kier alpha value is -2.78. The van der Waals surface area contributed by atoms with Crippen molar-refractivity contribution >= 4 is 35.8 Å². The quantitative estimate of drug-likeness (QED) is 0.203. The van der Waals surface area contributed by atoms with Crippen molar-refractivity contribution in [2.45, 2.75) is 43.5 Å². The van der Waals surface area contributed by atoms with Gasteiger partial charge in [-0.1, -0.05) is 82.2 Å². The maximum Gasteiger partial charge on any atom is 0.243 e. The van der Waals surface area contributed by atoms with Crippen LogP contribution in [-0.2, 0) is 32.8 Å². The first-order chi connectivity index (χ1) is 18.3. The number of benzene rings is 4. The minimum atomic E-state index is -3.78. The van der Waals surface area contributed by atoms with E-state index < -0.39 is 19.9 Å². The zero-order chi connectivity index (χ0) is 28.4. The third-order valence-corrected chi connectivity index (χ3v) is 10.5. The monoisotopic (exact) mass is 625 g/mol. The summed E-state index contributed by atoms with van der Waals surface area (Å²) in [4.78, 5) is 0.622. The maximum absolute atomic E-state index is 14.0. The van der Waals surface area contributed by atoms with Gasteiger partial charge in [0.15, 0.2) is 9.84 Å². The molecule has 0 aliphatic heterocycles. The van der Waals surface area contributed by atoms with E-state index in [4.69, 9.17) is 0 Å². The predicted octanol–water partition coefficient (Wildman–Crippen LogP) is 6.88. The first-order valence-corrected chi connectivity index (χ1v) is 16.7. The summed E-state index contributed by atoms with van der Waals surface area (Å²) in [5.74, 6) is 0. The molecule has 39 heavy (non-hydrogen) atoms. The van der Waals surface area contributed by atoms with Crippen molar-refractivity contribution < 1.29 is 16.8 Å². The molecule has 0 spiro atoms. The molecule has 8 heteroatoms. The van der Waals surface area contributed by atoms with E-state index in [2.05, 4.69) is 15.9 Å². The standard InChI is InChI=1S/C31H32BrNO4S2/c1-22-18-23(2)31(24(3)19-22)39(36,37)33(17-16-25-10-14-29(32)15-11-25)21-26-8-12-27(13-9-26)28-6-5-7-30(20-28)38(4,34)35/h5-15,18-20H,16-17,21H2,1-4H3. The lowest BCUT2D eigenvalue weighted by Crippen LogP contribution is -2.33. The second kappa shape index (κ2) is 11.8. The third-order valence-electron chi connectivity index (χ3n) is 6.67. The molecule has 5 nitrogen and oxygen atoms in total. The van der Waals surface area contributed by atoms with Crippen molar-refractivity contribution in [2.24, 2.45) is 0 Å². The lowest BCUT2D eigenvalue weighted by molar-refractivity contribution is 0.409. The largest absolute Gasteiger partial charge is 0.243 e. The second-order valence-corrected chi connectivity index (χ2v) is 14.7. The Morgan fingerprint density at radius 3 is 1.90 bits per heavy atom. The number of sulfonamides is 1. The van der Waals surface area contributed by atoms with Gasteiger partial charge in [-0.25, -0.2) is 16.8 Å². The number of halogens is 1. The zero-order valence-corrected chi connectivity index (χ0v) is 25.7. The summed E-state index contributed by atoms with van der Waals surface area (Å²) >= 11 is 3.45. The van der Waals surface area contributed by atoms with E-state index in [1.165, 1.54) is 6.26 Å². The Bertz CT molecular complexity index is 1670.